The minimum absolute atomic E-state index is 0.627. The van der Waals surface area contributed by atoms with Gasteiger partial charge in [0.15, 0.2) is 6.17 Å². The quantitative estimate of drug-likeness (QED) is 0.629. The summed E-state index contributed by atoms with van der Waals surface area (Å²) < 4.78 is 46.9. The van der Waals surface area contributed by atoms with E-state index in [2.05, 4.69) is 8.85 Å². The van der Waals surface area contributed by atoms with Gasteiger partial charge in [0, 0.05) is 14.2 Å². The topological polar surface area (TPSA) is 18.5 Å². The summed E-state index contributed by atoms with van der Waals surface area (Å²) in [6.45, 7) is 0.830. The summed E-state index contributed by atoms with van der Waals surface area (Å²) >= 11 is 0. The smallest absolute Gasteiger partial charge is 0.327 e. The van der Waals surface area contributed by atoms with Gasteiger partial charge in [0.25, 0.3) is 5.92 Å². The normalized spacial score (nSPS) is 15.2. The lowest BCUT2D eigenvalue weighted by molar-refractivity contribution is -0.0523. The molecule has 0 radical (unpaired) electrons. The predicted molar refractivity (Wildman–Crippen MR) is 41.5 cm³/mol. The van der Waals surface area contributed by atoms with Crippen LogP contribution < -0.4 is 0 Å². The van der Waals surface area contributed by atoms with Crippen molar-refractivity contribution < 1.29 is 22.0 Å². The van der Waals surface area contributed by atoms with Gasteiger partial charge in [0.2, 0.25) is 0 Å². The summed E-state index contributed by atoms with van der Waals surface area (Å²) in [7, 11) is 0.219. The van der Waals surface area contributed by atoms with Gasteiger partial charge < -0.3 is 8.85 Å². The van der Waals surface area contributed by atoms with E-state index in [9.17, 15) is 13.2 Å². The van der Waals surface area contributed by atoms with Crippen LogP contribution >= 0.6 is 0 Å². The molecule has 0 heterocycles. The Hall–Kier alpha value is -0.0731. The SMILES string of the molecule is CO[SiH](CC(F)(F)C(C)F)OC. The number of hydrogen-bond donors (Lipinski definition) is 0. The molecule has 0 spiro atoms. The molecule has 0 amide bonds. The Kier molecular flexibility index (Phi) is 4.80. The second-order valence-corrected chi connectivity index (χ2v) is 4.69. The Bertz CT molecular complexity index is 128. The second kappa shape index (κ2) is 4.83. The number of hydrogen-bond acceptors (Lipinski definition) is 2. The maximum atomic E-state index is 12.7. The van der Waals surface area contributed by atoms with Gasteiger partial charge in [-0.1, -0.05) is 0 Å². The Morgan fingerprint density at radius 1 is 1.33 bits per heavy atom. The highest BCUT2D eigenvalue weighted by atomic mass is 28.3. The third-order valence-electron chi connectivity index (χ3n) is 1.55. The van der Waals surface area contributed by atoms with Crippen molar-refractivity contribution >= 4 is 9.28 Å². The van der Waals surface area contributed by atoms with Crippen LogP contribution in [0.3, 0.4) is 0 Å². The summed E-state index contributed by atoms with van der Waals surface area (Å²) in [5, 5.41) is 0. The molecule has 0 saturated heterocycles. The highest BCUT2D eigenvalue weighted by Gasteiger charge is 2.40. The highest BCUT2D eigenvalue weighted by Crippen LogP contribution is 2.27. The van der Waals surface area contributed by atoms with E-state index in [4.69, 9.17) is 0 Å². The molecule has 0 aliphatic carbocycles. The maximum Gasteiger partial charge on any atom is 0.327 e. The van der Waals surface area contributed by atoms with Gasteiger partial charge in [-0.05, 0) is 6.92 Å². The standard InChI is InChI=1S/C6H13F3O2Si/c1-5(7)6(8,9)4-12(10-2)11-3/h5,12H,4H2,1-3H3. The van der Waals surface area contributed by atoms with Crippen LogP contribution in [0.25, 0.3) is 0 Å². The Morgan fingerprint density at radius 3 is 2.00 bits per heavy atom. The number of halogens is 3. The first kappa shape index (κ1) is 11.9. The van der Waals surface area contributed by atoms with E-state index in [1.807, 2.05) is 0 Å². The molecule has 0 aromatic carbocycles. The average Bonchev–Trinajstić information content (AvgIpc) is 2.00. The molecule has 0 fully saturated rings. The summed E-state index contributed by atoms with van der Waals surface area (Å²) in [4.78, 5) is 0. The Labute approximate surface area is 71.5 Å². The maximum absolute atomic E-state index is 12.7. The molecule has 1 atom stereocenters. The molecule has 0 rings (SSSR count). The summed E-state index contributed by atoms with van der Waals surface area (Å²) in [6, 6.07) is -0.627. The van der Waals surface area contributed by atoms with Crippen molar-refractivity contribution in [2.45, 2.75) is 25.1 Å². The zero-order valence-corrected chi connectivity index (χ0v) is 8.47. The van der Waals surface area contributed by atoms with Crippen LogP contribution in [0.1, 0.15) is 6.92 Å². The molecule has 2 nitrogen and oxygen atoms in total. The van der Waals surface area contributed by atoms with Gasteiger partial charge in [0.1, 0.15) is 0 Å². The van der Waals surface area contributed by atoms with E-state index in [0.29, 0.717) is 0 Å². The lowest BCUT2D eigenvalue weighted by atomic mass is 10.3. The summed E-state index contributed by atoms with van der Waals surface area (Å²) in [5.74, 6) is -3.33. The van der Waals surface area contributed by atoms with Crippen molar-refractivity contribution in [3.63, 3.8) is 0 Å². The fraction of sp³-hybridized carbons (Fsp3) is 1.00. The van der Waals surface area contributed by atoms with E-state index in [0.717, 1.165) is 6.92 Å². The van der Waals surface area contributed by atoms with Gasteiger partial charge >= 0.3 is 9.28 Å². The molecule has 0 aromatic heterocycles. The fourth-order valence-corrected chi connectivity index (χ4v) is 1.94. The van der Waals surface area contributed by atoms with Crippen molar-refractivity contribution in [3.8, 4) is 0 Å². The monoisotopic (exact) mass is 202 g/mol. The van der Waals surface area contributed by atoms with Gasteiger partial charge in [-0.2, -0.15) is 0 Å². The van der Waals surface area contributed by atoms with Crippen molar-refractivity contribution in [1.82, 2.24) is 0 Å². The molecule has 1 unspecified atom stereocenters. The fourth-order valence-electron chi connectivity index (χ4n) is 0.647. The van der Waals surface area contributed by atoms with Gasteiger partial charge in [-0.3, -0.25) is 0 Å². The lowest BCUT2D eigenvalue weighted by Gasteiger charge is -2.20. The van der Waals surface area contributed by atoms with Crippen LogP contribution in [0, 0.1) is 0 Å². The first-order valence-electron chi connectivity index (χ1n) is 3.51. The third-order valence-corrected chi connectivity index (χ3v) is 3.48. The number of alkyl halides is 3. The average molecular weight is 202 g/mol. The lowest BCUT2D eigenvalue weighted by Crippen LogP contribution is -2.35. The summed E-state index contributed by atoms with van der Waals surface area (Å²) in [6.07, 6.45) is -2.15. The molecule has 12 heavy (non-hydrogen) atoms. The minimum atomic E-state index is -3.33. The van der Waals surface area contributed by atoms with Crippen LogP contribution in [-0.4, -0.2) is 35.6 Å². The number of rotatable bonds is 5. The molecular weight excluding hydrogens is 189 g/mol. The van der Waals surface area contributed by atoms with Gasteiger partial charge in [-0.25, -0.2) is 13.2 Å². The minimum Gasteiger partial charge on any atom is -0.400 e. The highest BCUT2D eigenvalue weighted by molar-refractivity contribution is 6.44. The molecule has 0 N–H and O–H groups in total. The molecule has 0 bridgehead atoms. The molecule has 0 aliphatic rings. The molecular formula is C6H13F3O2Si. The van der Waals surface area contributed by atoms with E-state index >= 15 is 0 Å². The molecule has 0 saturated carbocycles. The van der Waals surface area contributed by atoms with E-state index in [1.54, 1.807) is 0 Å². The summed E-state index contributed by atoms with van der Waals surface area (Å²) in [5.41, 5.74) is 0. The van der Waals surface area contributed by atoms with E-state index in [-0.39, 0.29) is 0 Å². The Morgan fingerprint density at radius 2 is 1.75 bits per heavy atom. The van der Waals surface area contributed by atoms with Crippen LogP contribution in [0.15, 0.2) is 0 Å². The van der Waals surface area contributed by atoms with Crippen molar-refractivity contribution in [2.75, 3.05) is 14.2 Å². The van der Waals surface area contributed by atoms with Crippen LogP contribution in [0.5, 0.6) is 0 Å². The van der Waals surface area contributed by atoms with Crippen molar-refractivity contribution in [2.24, 2.45) is 0 Å². The van der Waals surface area contributed by atoms with Gasteiger partial charge in [-0.15, -0.1) is 0 Å². The van der Waals surface area contributed by atoms with Crippen LogP contribution in [0.2, 0.25) is 6.04 Å². The van der Waals surface area contributed by atoms with E-state index < -0.39 is 27.4 Å². The zero-order valence-electron chi connectivity index (χ0n) is 7.31. The molecule has 6 heteroatoms. The van der Waals surface area contributed by atoms with Gasteiger partial charge in [0.05, 0.1) is 6.04 Å². The van der Waals surface area contributed by atoms with E-state index in [1.165, 1.54) is 14.2 Å². The Balaban J connectivity index is 4.02. The largest absolute Gasteiger partial charge is 0.400 e. The van der Waals surface area contributed by atoms with Crippen LogP contribution in [0.4, 0.5) is 13.2 Å². The van der Waals surface area contributed by atoms with Crippen LogP contribution in [-0.2, 0) is 8.85 Å². The first-order chi connectivity index (χ1) is 5.44. The van der Waals surface area contributed by atoms with Crippen molar-refractivity contribution in [3.05, 3.63) is 0 Å². The molecule has 74 valence electrons. The molecule has 0 aliphatic heterocycles. The second-order valence-electron chi connectivity index (χ2n) is 2.48. The van der Waals surface area contributed by atoms with Crippen molar-refractivity contribution in [1.29, 1.82) is 0 Å². The predicted octanol–water partition coefficient (Wildman–Crippen LogP) is 1.49. The first-order valence-corrected chi connectivity index (χ1v) is 5.27. The molecule has 0 aromatic rings. The third kappa shape index (κ3) is 3.55. The zero-order chi connectivity index (χ0) is 9.78.